The molecular weight excluding hydrogens is 334 g/mol. The van der Waals surface area contributed by atoms with Crippen molar-refractivity contribution in [2.45, 2.75) is 39.7 Å². The Morgan fingerprint density at radius 2 is 2.04 bits per heavy atom. The van der Waals surface area contributed by atoms with Crippen molar-refractivity contribution in [1.82, 2.24) is 20.1 Å². The molecule has 0 unspecified atom stereocenters. The Kier molecular flexibility index (Phi) is 5.11. The molecule has 3 heterocycles. The SMILES string of the molecule is CCOC(=O)c1cnc2c(c(C)nn2C)c1N1CCC(NC(C)=O)CC1. The number of carbonyl (C=O) groups excluding carboxylic acids is 2. The van der Waals surface area contributed by atoms with Crippen molar-refractivity contribution in [3.63, 3.8) is 0 Å². The van der Waals surface area contributed by atoms with E-state index in [9.17, 15) is 9.59 Å². The van der Waals surface area contributed by atoms with Gasteiger partial charge in [0, 0.05) is 39.3 Å². The fraction of sp³-hybridized carbons (Fsp3) is 0.556. The summed E-state index contributed by atoms with van der Waals surface area (Å²) in [4.78, 5) is 30.4. The van der Waals surface area contributed by atoms with Crippen molar-refractivity contribution in [2.24, 2.45) is 7.05 Å². The van der Waals surface area contributed by atoms with E-state index < -0.39 is 0 Å². The molecule has 1 aliphatic rings. The number of hydrogen-bond donors (Lipinski definition) is 1. The second-order valence-electron chi connectivity index (χ2n) is 6.61. The summed E-state index contributed by atoms with van der Waals surface area (Å²) in [6, 6.07) is 0.169. The molecule has 0 radical (unpaired) electrons. The normalized spacial score (nSPS) is 15.3. The van der Waals surface area contributed by atoms with E-state index in [4.69, 9.17) is 4.74 Å². The lowest BCUT2D eigenvalue weighted by molar-refractivity contribution is -0.119. The maximum atomic E-state index is 12.5. The van der Waals surface area contributed by atoms with E-state index in [0.717, 1.165) is 48.3 Å². The number of hydrogen-bond acceptors (Lipinski definition) is 6. The second kappa shape index (κ2) is 7.31. The van der Waals surface area contributed by atoms with Gasteiger partial charge in [-0.3, -0.25) is 9.48 Å². The Labute approximate surface area is 152 Å². The monoisotopic (exact) mass is 359 g/mol. The number of aryl methyl sites for hydroxylation is 2. The number of carbonyl (C=O) groups is 2. The maximum Gasteiger partial charge on any atom is 0.341 e. The molecule has 1 aliphatic heterocycles. The summed E-state index contributed by atoms with van der Waals surface area (Å²) in [6.45, 7) is 7.05. The lowest BCUT2D eigenvalue weighted by atomic mass is 10.0. The zero-order valence-electron chi connectivity index (χ0n) is 15.7. The van der Waals surface area contributed by atoms with Gasteiger partial charge in [0.1, 0.15) is 5.56 Å². The van der Waals surface area contributed by atoms with Crippen LogP contribution in [0.5, 0.6) is 0 Å². The van der Waals surface area contributed by atoms with E-state index >= 15 is 0 Å². The van der Waals surface area contributed by atoms with Gasteiger partial charge in [-0.05, 0) is 26.7 Å². The Balaban J connectivity index is 2.01. The van der Waals surface area contributed by atoms with Crippen molar-refractivity contribution < 1.29 is 14.3 Å². The van der Waals surface area contributed by atoms with E-state index in [1.165, 1.54) is 6.92 Å². The van der Waals surface area contributed by atoms with Crippen LogP contribution in [0.4, 0.5) is 5.69 Å². The predicted molar refractivity (Wildman–Crippen MR) is 98.3 cm³/mol. The number of nitrogens with zero attached hydrogens (tertiary/aromatic N) is 4. The van der Waals surface area contributed by atoms with Crippen LogP contribution in [0, 0.1) is 6.92 Å². The summed E-state index contributed by atoms with van der Waals surface area (Å²) in [6.07, 6.45) is 3.23. The van der Waals surface area contributed by atoms with E-state index in [1.807, 2.05) is 14.0 Å². The molecule has 0 bridgehead atoms. The molecular formula is C18H25N5O3. The van der Waals surface area contributed by atoms with Crippen LogP contribution in [0.25, 0.3) is 11.0 Å². The van der Waals surface area contributed by atoms with Gasteiger partial charge in [0.2, 0.25) is 5.91 Å². The number of nitrogens with one attached hydrogen (secondary N) is 1. The summed E-state index contributed by atoms with van der Waals surface area (Å²) in [5.74, 6) is -0.380. The zero-order valence-corrected chi connectivity index (χ0v) is 15.7. The molecule has 0 spiro atoms. The zero-order chi connectivity index (χ0) is 18.8. The Morgan fingerprint density at radius 1 is 1.35 bits per heavy atom. The molecule has 2 aromatic heterocycles. The van der Waals surface area contributed by atoms with Crippen LogP contribution in [0.1, 0.15) is 42.7 Å². The predicted octanol–water partition coefficient (Wildman–Crippen LogP) is 1.56. The van der Waals surface area contributed by atoms with Gasteiger partial charge in [0.05, 0.1) is 23.4 Å². The van der Waals surface area contributed by atoms with Gasteiger partial charge in [-0.25, -0.2) is 9.78 Å². The largest absolute Gasteiger partial charge is 0.462 e. The molecule has 2 aromatic rings. The van der Waals surface area contributed by atoms with Gasteiger partial charge in [-0.15, -0.1) is 0 Å². The third-order valence-corrected chi connectivity index (χ3v) is 4.71. The molecule has 1 fully saturated rings. The van der Waals surface area contributed by atoms with E-state index in [0.29, 0.717) is 12.2 Å². The fourth-order valence-corrected chi connectivity index (χ4v) is 3.61. The highest BCUT2D eigenvalue weighted by Crippen LogP contribution is 2.34. The Bertz CT molecular complexity index is 837. The van der Waals surface area contributed by atoms with Gasteiger partial charge in [0.25, 0.3) is 0 Å². The first-order valence-electron chi connectivity index (χ1n) is 8.93. The lowest BCUT2D eigenvalue weighted by Gasteiger charge is -2.35. The Hall–Kier alpha value is -2.64. The molecule has 8 heteroatoms. The quantitative estimate of drug-likeness (QED) is 0.834. The fourth-order valence-electron chi connectivity index (χ4n) is 3.61. The van der Waals surface area contributed by atoms with Gasteiger partial charge >= 0.3 is 5.97 Å². The lowest BCUT2D eigenvalue weighted by Crippen LogP contribution is -2.44. The third-order valence-electron chi connectivity index (χ3n) is 4.71. The first kappa shape index (κ1) is 18.2. The highest BCUT2D eigenvalue weighted by atomic mass is 16.5. The number of esters is 1. The van der Waals surface area contributed by atoms with Crippen LogP contribution in [0.3, 0.4) is 0 Å². The van der Waals surface area contributed by atoms with Crippen molar-refractivity contribution in [3.05, 3.63) is 17.5 Å². The summed E-state index contributed by atoms with van der Waals surface area (Å²) < 4.78 is 6.97. The molecule has 1 saturated heterocycles. The van der Waals surface area contributed by atoms with Crippen LogP contribution < -0.4 is 10.2 Å². The number of fused-ring (bicyclic) bond motifs is 1. The average Bonchev–Trinajstić information content (AvgIpc) is 2.89. The number of amides is 1. The molecule has 0 aliphatic carbocycles. The number of anilines is 1. The summed E-state index contributed by atoms with van der Waals surface area (Å²) in [5.41, 5.74) is 2.88. The molecule has 0 aromatic carbocycles. The molecule has 8 nitrogen and oxygen atoms in total. The maximum absolute atomic E-state index is 12.5. The van der Waals surface area contributed by atoms with Crippen molar-refractivity contribution in [1.29, 1.82) is 0 Å². The molecule has 0 saturated carbocycles. The summed E-state index contributed by atoms with van der Waals surface area (Å²) in [5, 5.41) is 8.33. The van der Waals surface area contributed by atoms with Gasteiger partial charge < -0.3 is 15.0 Å². The summed E-state index contributed by atoms with van der Waals surface area (Å²) in [7, 11) is 1.85. The van der Waals surface area contributed by atoms with Crippen molar-refractivity contribution >= 4 is 28.6 Å². The van der Waals surface area contributed by atoms with Gasteiger partial charge in [0.15, 0.2) is 5.65 Å². The highest BCUT2D eigenvalue weighted by Gasteiger charge is 2.28. The number of piperidine rings is 1. The molecule has 140 valence electrons. The molecule has 1 amide bonds. The smallest absolute Gasteiger partial charge is 0.341 e. The average molecular weight is 359 g/mol. The van der Waals surface area contributed by atoms with Crippen molar-refractivity contribution in [3.8, 4) is 0 Å². The minimum absolute atomic E-state index is 0.00920. The highest BCUT2D eigenvalue weighted by molar-refractivity contribution is 6.05. The minimum Gasteiger partial charge on any atom is -0.462 e. The Morgan fingerprint density at radius 3 is 2.65 bits per heavy atom. The standard InChI is InChI=1S/C18H25N5O3/c1-5-26-18(25)14-10-19-17-15(11(2)21-22(17)4)16(14)23-8-6-13(7-9-23)20-12(3)24/h10,13H,5-9H2,1-4H3,(H,20,24). The minimum atomic E-state index is -0.371. The topological polar surface area (TPSA) is 89.3 Å². The van der Waals surface area contributed by atoms with E-state index in [2.05, 4.69) is 20.3 Å². The van der Waals surface area contributed by atoms with E-state index in [-0.39, 0.29) is 17.9 Å². The van der Waals surface area contributed by atoms with Crippen LogP contribution in [0.2, 0.25) is 0 Å². The van der Waals surface area contributed by atoms with Gasteiger partial charge in [-0.1, -0.05) is 0 Å². The first-order chi connectivity index (χ1) is 12.4. The van der Waals surface area contributed by atoms with Crippen LogP contribution in [-0.4, -0.2) is 52.4 Å². The molecule has 1 N–H and O–H groups in total. The number of rotatable bonds is 4. The number of aromatic nitrogens is 3. The van der Waals surface area contributed by atoms with Crippen LogP contribution >= 0.6 is 0 Å². The number of pyridine rings is 1. The van der Waals surface area contributed by atoms with Crippen molar-refractivity contribution in [2.75, 3.05) is 24.6 Å². The van der Waals surface area contributed by atoms with Gasteiger partial charge in [-0.2, -0.15) is 5.10 Å². The molecule has 3 rings (SSSR count). The van der Waals surface area contributed by atoms with Crippen LogP contribution in [-0.2, 0) is 16.6 Å². The molecule has 0 atom stereocenters. The second-order valence-corrected chi connectivity index (χ2v) is 6.61. The third kappa shape index (κ3) is 3.36. The summed E-state index contributed by atoms with van der Waals surface area (Å²) >= 11 is 0. The molecule has 26 heavy (non-hydrogen) atoms. The van der Waals surface area contributed by atoms with E-state index in [1.54, 1.807) is 17.8 Å². The first-order valence-corrected chi connectivity index (χ1v) is 8.93. The van der Waals surface area contributed by atoms with Crippen LogP contribution in [0.15, 0.2) is 6.20 Å². The number of ether oxygens (including phenoxy) is 1.